The van der Waals surface area contributed by atoms with Crippen molar-refractivity contribution in [2.24, 2.45) is 11.8 Å². The van der Waals surface area contributed by atoms with Gasteiger partial charge in [-0.1, -0.05) is 13.8 Å². The first-order valence-electron chi connectivity index (χ1n) is 8.43. The topological polar surface area (TPSA) is 86.8 Å². The minimum absolute atomic E-state index is 0.0767. The molecule has 2 heterocycles. The van der Waals surface area contributed by atoms with Gasteiger partial charge in [0.2, 0.25) is 12.0 Å². The lowest BCUT2D eigenvalue weighted by Gasteiger charge is -2.16. The first kappa shape index (κ1) is 15.1. The minimum Gasteiger partial charge on any atom is -0.619 e. The summed E-state index contributed by atoms with van der Waals surface area (Å²) in [6, 6.07) is 0.0767. The summed E-state index contributed by atoms with van der Waals surface area (Å²) >= 11 is 0. The van der Waals surface area contributed by atoms with E-state index in [4.69, 9.17) is 0 Å². The molecule has 2 aromatic heterocycles. The summed E-state index contributed by atoms with van der Waals surface area (Å²) < 4.78 is 2.40. The maximum Gasteiger partial charge on any atom is 0.272 e. The van der Waals surface area contributed by atoms with Gasteiger partial charge in [-0.25, -0.2) is 9.67 Å². The minimum atomic E-state index is -0.140. The van der Waals surface area contributed by atoms with Gasteiger partial charge in [0, 0.05) is 17.5 Å². The van der Waals surface area contributed by atoms with Crippen LogP contribution in [0.25, 0.3) is 5.82 Å². The van der Waals surface area contributed by atoms with Crippen LogP contribution in [0.3, 0.4) is 0 Å². The summed E-state index contributed by atoms with van der Waals surface area (Å²) in [5.41, 5.74) is 2.56. The molecular weight excluding hydrogens is 306 g/mol. The van der Waals surface area contributed by atoms with E-state index >= 15 is 0 Å². The van der Waals surface area contributed by atoms with Crippen LogP contribution in [0.1, 0.15) is 54.9 Å². The average Bonchev–Trinajstić information content (AvgIpc) is 3.03. The number of amides is 1. The molecule has 126 valence electrons. The molecule has 0 aromatic carbocycles. The Hall–Kier alpha value is -2.44. The Morgan fingerprint density at radius 3 is 2.96 bits per heavy atom. The quantitative estimate of drug-likeness (QED) is 0.678. The van der Waals surface area contributed by atoms with Gasteiger partial charge in [-0.15, -0.1) is 0 Å². The van der Waals surface area contributed by atoms with Crippen molar-refractivity contribution in [3.63, 3.8) is 0 Å². The number of carbonyl (C=O) groups excluding carboxylic acids is 1. The second-order valence-electron chi connectivity index (χ2n) is 7.21. The van der Waals surface area contributed by atoms with Crippen LogP contribution in [0.2, 0.25) is 0 Å². The van der Waals surface area contributed by atoms with E-state index < -0.39 is 0 Å². The Kier molecular flexibility index (Phi) is 3.33. The Morgan fingerprint density at radius 1 is 1.46 bits per heavy atom. The zero-order valence-electron chi connectivity index (χ0n) is 14.1. The van der Waals surface area contributed by atoms with Crippen molar-refractivity contribution in [1.29, 1.82) is 0 Å². The van der Waals surface area contributed by atoms with Crippen LogP contribution in [-0.2, 0) is 6.42 Å². The van der Waals surface area contributed by atoms with E-state index in [9.17, 15) is 10.0 Å². The van der Waals surface area contributed by atoms with Crippen LogP contribution in [0.15, 0.2) is 18.6 Å². The molecule has 2 aliphatic rings. The standard InChI is InChI=1S/C17H21N5O2/c1-9(2)10(3)19-17(23)15-13-7-11-6-12(11)16(13)22(20-15)14-8-21(24)5-4-18-14/h4-5,8-12H,6-7H2,1-3H3,(H,19,23)/t10?,11-,12-/m1/s1. The zero-order chi connectivity index (χ0) is 17.0. The summed E-state index contributed by atoms with van der Waals surface area (Å²) in [5, 5.41) is 19.1. The van der Waals surface area contributed by atoms with Crippen LogP contribution < -0.4 is 10.0 Å². The van der Waals surface area contributed by atoms with Gasteiger partial charge in [-0.3, -0.25) is 4.79 Å². The smallest absolute Gasteiger partial charge is 0.272 e. The summed E-state index contributed by atoms with van der Waals surface area (Å²) in [7, 11) is 0. The third-order valence-electron chi connectivity index (χ3n) is 5.22. The lowest BCUT2D eigenvalue weighted by atomic mass is 10.1. The molecule has 4 rings (SSSR count). The van der Waals surface area contributed by atoms with Crippen LogP contribution >= 0.6 is 0 Å². The first-order chi connectivity index (χ1) is 11.5. The number of hydrogen-bond donors (Lipinski definition) is 1. The van der Waals surface area contributed by atoms with Crippen molar-refractivity contribution in [3.05, 3.63) is 40.7 Å². The first-order valence-corrected chi connectivity index (χ1v) is 8.43. The van der Waals surface area contributed by atoms with E-state index in [0.717, 1.165) is 24.1 Å². The van der Waals surface area contributed by atoms with Gasteiger partial charge in [0.1, 0.15) is 0 Å². The van der Waals surface area contributed by atoms with E-state index in [1.807, 2.05) is 6.92 Å². The molecule has 0 saturated heterocycles. The molecule has 0 radical (unpaired) electrons. The van der Waals surface area contributed by atoms with Gasteiger partial charge in [0.25, 0.3) is 5.91 Å². The third kappa shape index (κ3) is 2.35. The number of nitrogens with zero attached hydrogens (tertiary/aromatic N) is 4. The predicted molar refractivity (Wildman–Crippen MR) is 86.6 cm³/mol. The number of aromatic nitrogens is 4. The summed E-state index contributed by atoms with van der Waals surface area (Å²) in [4.78, 5) is 16.9. The lowest BCUT2D eigenvalue weighted by Crippen LogP contribution is -2.36. The normalized spacial score (nSPS) is 22.2. The summed E-state index contributed by atoms with van der Waals surface area (Å²) in [6.45, 7) is 6.14. The number of hydrogen-bond acceptors (Lipinski definition) is 4. The Balaban J connectivity index is 1.74. The molecule has 1 saturated carbocycles. The van der Waals surface area contributed by atoms with Crippen molar-refractivity contribution in [3.8, 4) is 5.82 Å². The van der Waals surface area contributed by atoms with E-state index in [2.05, 4.69) is 29.2 Å². The van der Waals surface area contributed by atoms with E-state index in [-0.39, 0.29) is 11.9 Å². The van der Waals surface area contributed by atoms with Crippen molar-refractivity contribution in [1.82, 2.24) is 20.1 Å². The molecule has 24 heavy (non-hydrogen) atoms. The fraction of sp³-hybridized carbons (Fsp3) is 0.529. The zero-order valence-corrected chi connectivity index (χ0v) is 14.1. The second-order valence-corrected chi connectivity index (χ2v) is 7.21. The molecule has 7 heteroatoms. The van der Waals surface area contributed by atoms with Crippen LogP contribution in [-0.4, -0.2) is 26.7 Å². The average molecular weight is 327 g/mol. The van der Waals surface area contributed by atoms with Crippen molar-refractivity contribution in [2.75, 3.05) is 0 Å². The van der Waals surface area contributed by atoms with E-state index in [1.54, 1.807) is 4.68 Å². The van der Waals surface area contributed by atoms with Crippen LogP contribution in [0.4, 0.5) is 0 Å². The predicted octanol–water partition coefficient (Wildman–Crippen LogP) is 1.33. The number of nitrogens with one attached hydrogen (secondary N) is 1. The molecular formula is C17H21N5O2. The molecule has 2 aromatic rings. The largest absolute Gasteiger partial charge is 0.619 e. The Labute approximate surface area is 140 Å². The third-order valence-corrected chi connectivity index (χ3v) is 5.22. The van der Waals surface area contributed by atoms with Gasteiger partial charge in [0.15, 0.2) is 11.9 Å². The number of rotatable bonds is 4. The Bertz CT molecular complexity index is 813. The molecule has 0 aliphatic heterocycles. The molecule has 0 spiro atoms. The molecule has 1 unspecified atom stereocenters. The molecule has 2 aliphatic carbocycles. The van der Waals surface area contributed by atoms with Crippen molar-refractivity contribution in [2.45, 2.75) is 45.6 Å². The fourth-order valence-electron chi connectivity index (χ4n) is 3.39. The summed E-state index contributed by atoms with van der Waals surface area (Å²) in [6.07, 6.45) is 6.21. The van der Waals surface area contributed by atoms with Gasteiger partial charge in [-0.2, -0.15) is 9.83 Å². The maximum atomic E-state index is 12.7. The molecule has 3 atom stereocenters. The van der Waals surface area contributed by atoms with Gasteiger partial charge >= 0.3 is 0 Å². The van der Waals surface area contributed by atoms with Crippen molar-refractivity contribution >= 4 is 5.91 Å². The lowest BCUT2D eigenvalue weighted by molar-refractivity contribution is -0.605. The number of carbonyl (C=O) groups is 1. The van der Waals surface area contributed by atoms with Gasteiger partial charge < -0.3 is 10.5 Å². The van der Waals surface area contributed by atoms with Crippen LogP contribution in [0.5, 0.6) is 0 Å². The van der Waals surface area contributed by atoms with Gasteiger partial charge in [0.05, 0.1) is 11.9 Å². The SMILES string of the molecule is CC(C)C(C)NC(=O)c1nn(-c2c[n+]([O-])ccn2)c2c1C[C@H]1C[C@@H]21. The molecule has 1 amide bonds. The maximum absolute atomic E-state index is 12.7. The van der Waals surface area contributed by atoms with E-state index in [1.165, 1.54) is 18.6 Å². The monoisotopic (exact) mass is 327 g/mol. The van der Waals surface area contributed by atoms with Crippen molar-refractivity contribution < 1.29 is 9.52 Å². The van der Waals surface area contributed by atoms with Gasteiger partial charge in [-0.05, 0) is 31.6 Å². The Morgan fingerprint density at radius 2 is 2.25 bits per heavy atom. The highest BCUT2D eigenvalue weighted by Crippen LogP contribution is 2.57. The highest BCUT2D eigenvalue weighted by Gasteiger charge is 2.50. The number of fused-ring (bicyclic) bond motifs is 3. The van der Waals surface area contributed by atoms with E-state index in [0.29, 0.717) is 34.0 Å². The highest BCUT2D eigenvalue weighted by molar-refractivity contribution is 5.94. The molecule has 0 bridgehead atoms. The highest BCUT2D eigenvalue weighted by atomic mass is 16.5. The molecule has 7 nitrogen and oxygen atoms in total. The summed E-state index contributed by atoms with van der Waals surface area (Å²) in [5.74, 6) is 1.73. The molecule has 1 fully saturated rings. The second kappa shape index (κ2) is 5.29. The fourth-order valence-corrected chi connectivity index (χ4v) is 3.39. The van der Waals surface area contributed by atoms with Crippen LogP contribution in [0, 0.1) is 17.0 Å². The molecule has 1 N–H and O–H groups in total.